The van der Waals surface area contributed by atoms with Crippen molar-refractivity contribution in [3.63, 3.8) is 0 Å². The minimum Gasteiger partial charge on any atom is -0.352 e. The number of halogens is 1. The van der Waals surface area contributed by atoms with Gasteiger partial charge in [-0.15, -0.1) is 0 Å². The number of amides is 2. The Morgan fingerprint density at radius 1 is 0.939 bits per heavy atom. The van der Waals surface area contributed by atoms with Gasteiger partial charge in [0, 0.05) is 49.2 Å². The molecule has 2 aliphatic rings. The molecule has 0 radical (unpaired) electrons. The maximum Gasteiger partial charge on any atom is 0.253 e. The lowest BCUT2D eigenvalue weighted by Crippen LogP contribution is -2.42. The van der Waals surface area contributed by atoms with E-state index in [-0.39, 0.29) is 17.7 Å². The third-order valence-electron chi connectivity index (χ3n) is 6.88. The molecule has 0 saturated carbocycles. The van der Waals surface area contributed by atoms with Crippen molar-refractivity contribution in [1.29, 1.82) is 0 Å². The zero-order chi connectivity index (χ0) is 23.2. The summed E-state index contributed by atoms with van der Waals surface area (Å²) in [5, 5.41) is 3.71. The number of nitrogens with zero attached hydrogens (tertiary/aromatic N) is 2. The van der Waals surface area contributed by atoms with Crippen molar-refractivity contribution in [3.8, 4) is 0 Å². The summed E-state index contributed by atoms with van der Waals surface area (Å²) >= 11 is 5.91. The number of hydrogen-bond donors (Lipinski definition) is 1. The number of rotatable bonds is 6. The van der Waals surface area contributed by atoms with Crippen LogP contribution in [0.2, 0.25) is 5.02 Å². The van der Waals surface area contributed by atoms with E-state index in [4.69, 9.17) is 11.6 Å². The third-order valence-corrected chi connectivity index (χ3v) is 7.13. The summed E-state index contributed by atoms with van der Waals surface area (Å²) in [6, 6.07) is 15.6. The van der Waals surface area contributed by atoms with Gasteiger partial charge >= 0.3 is 0 Å². The van der Waals surface area contributed by atoms with Crippen LogP contribution in [0.5, 0.6) is 0 Å². The normalized spacial score (nSPS) is 19.9. The van der Waals surface area contributed by atoms with Gasteiger partial charge in [-0.2, -0.15) is 0 Å². The fourth-order valence-corrected chi connectivity index (χ4v) is 5.03. The molecule has 0 spiro atoms. The van der Waals surface area contributed by atoms with Crippen molar-refractivity contribution < 1.29 is 9.59 Å². The number of nitrogens with one attached hydrogen (secondary N) is 1. The Hall–Kier alpha value is -2.37. The molecule has 2 aromatic carbocycles. The van der Waals surface area contributed by atoms with Gasteiger partial charge in [-0.3, -0.25) is 14.5 Å². The summed E-state index contributed by atoms with van der Waals surface area (Å²) in [6.07, 6.45) is 4.02. The van der Waals surface area contributed by atoms with E-state index < -0.39 is 0 Å². The second-order valence-corrected chi connectivity index (χ2v) is 10.0. The predicted octanol–water partition coefficient (Wildman–Crippen LogP) is 4.74. The highest BCUT2D eigenvalue weighted by Gasteiger charge is 2.27. The lowest BCUT2D eigenvalue weighted by molar-refractivity contribution is -0.126. The predicted molar refractivity (Wildman–Crippen MR) is 132 cm³/mol. The SMILES string of the molecule is CC1CCCN(Cc2ccc(CNC(=O)C3CCN(C(=O)c4ccc(Cl)cc4)CC3)cc2)C1. The summed E-state index contributed by atoms with van der Waals surface area (Å²) in [4.78, 5) is 29.7. The Morgan fingerprint density at radius 3 is 2.27 bits per heavy atom. The summed E-state index contributed by atoms with van der Waals surface area (Å²) < 4.78 is 0. The molecule has 2 saturated heterocycles. The van der Waals surface area contributed by atoms with E-state index >= 15 is 0 Å². The van der Waals surface area contributed by atoms with Crippen LogP contribution in [-0.2, 0) is 17.9 Å². The number of hydrogen-bond acceptors (Lipinski definition) is 3. The van der Waals surface area contributed by atoms with Crippen LogP contribution in [0.4, 0.5) is 0 Å². The number of carbonyl (C=O) groups excluding carboxylic acids is 2. The van der Waals surface area contributed by atoms with Gasteiger partial charge < -0.3 is 10.2 Å². The van der Waals surface area contributed by atoms with Crippen LogP contribution in [0.15, 0.2) is 48.5 Å². The van der Waals surface area contributed by atoms with E-state index in [1.807, 2.05) is 4.90 Å². The van der Waals surface area contributed by atoms with E-state index in [1.165, 1.54) is 31.5 Å². The molecule has 2 heterocycles. The van der Waals surface area contributed by atoms with E-state index in [2.05, 4.69) is 41.4 Å². The standard InChI is InChI=1S/C27H34ClN3O2/c1-20-3-2-14-30(18-20)19-22-6-4-21(5-7-22)17-29-26(32)23-12-15-31(16-13-23)27(33)24-8-10-25(28)11-9-24/h4-11,20,23H,2-3,12-19H2,1H3,(H,29,32). The lowest BCUT2D eigenvalue weighted by atomic mass is 9.95. The fraction of sp³-hybridized carbons (Fsp3) is 0.481. The maximum absolute atomic E-state index is 12.7. The van der Waals surface area contributed by atoms with Crippen molar-refractivity contribution >= 4 is 23.4 Å². The first-order valence-electron chi connectivity index (χ1n) is 12.1. The lowest BCUT2D eigenvalue weighted by Gasteiger charge is -2.31. The van der Waals surface area contributed by atoms with Crippen molar-refractivity contribution in [1.82, 2.24) is 15.1 Å². The molecule has 0 aliphatic carbocycles. The molecule has 0 bridgehead atoms. The molecule has 1 unspecified atom stereocenters. The van der Waals surface area contributed by atoms with Gasteiger partial charge in [0.05, 0.1) is 0 Å². The van der Waals surface area contributed by atoms with E-state index in [0.29, 0.717) is 43.1 Å². The van der Waals surface area contributed by atoms with E-state index in [1.54, 1.807) is 24.3 Å². The van der Waals surface area contributed by atoms with Crippen LogP contribution >= 0.6 is 11.6 Å². The van der Waals surface area contributed by atoms with Crippen LogP contribution < -0.4 is 5.32 Å². The van der Waals surface area contributed by atoms with Crippen LogP contribution in [0.3, 0.4) is 0 Å². The summed E-state index contributed by atoms with van der Waals surface area (Å²) in [5.74, 6) is 0.833. The molecule has 2 aliphatic heterocycles. The Bertz CT molecular complexity index is 937. The molecular weight excluding hydrogens is 434 g/mol. The minimum atomic E-state index is -0.0420. The quantitative estimate of drug-likeness (QED) is 0.667. The first-order chi connectivity index (χ1) is 16.0. The second-order valence-electron chi connectivity index (χ2n) is 9.59. The average Bonchev–Trinajstić information content (AvgIpc) is 2.83. The molecule has 2 fully saturated rings. The Morgan fingerprint density at radius 2 is 1.61 bits per heavy atom. The molecule has 1 atom stereocenters. The number of benzene rings is 2. The fourth-order valence-electron chi connectivity index (χ4n) is 4.90. The van der Waals surface area contributed by atoms with Gasteiger partial charge in [-0.25, -0.2) is 0 Å². The molecule has 4 rings (SSSR count). The summed E-state index contributed by atoms with van der Waals surface area (Å²) in [5.41, 5.74) is 3.09. The van der Waals surface area contributed by atoms with Crippen LogP contribution in [0, 0.1) is 11.8 Å². The summed E-state index contributed by atoms with van der Waals surface area (Å²) in [7, 11) is 0. The van der Waals surface area contributed by atoms with Crippen molar-refractivity contribution in [2.75, 3.05) is 26.2 Å². The average molecular weight is 468 g/mol. The highest BCUT2D eigenvalue weighted by molar-refractivity contribution is 6.30. The molecule has 176 valence electrons. The molecule has 2 amide bonds. The van der Waals surface area contributed by atoms with Crippen molar-refractivity contribution in [2.24, 2.45) is 11.8 Å². The minimum absolute atomic E-state index is 0.00428. The van der Waals surface area contributed by atoms with Gasteiger partial charge in [0.15, 0.2) is 0 Å². The second kappa shape index (κ2) is 11.2. The highest BCUT2D eigenvalue weighted by atomic mass is 35.5. The topological polar surface area (TPSA) is 52.7 Å². The van der Waals surface area contributed by atoms with E-state index in [9.17, 15) is 9.59 Å². The molecule has 6 heteroatoms. The highest BCUT2D eigenvalue weighted by Crippen LogP contribution is 2.21. The number of likely N-dealkylation sites (tertiary alicyclic amines) is 2. The molecule has 33 heavy (non-hydrogen) atoms. The van der Waals surface area contributed by atoms with Gasteiger partial charge in [-0.1, -0.05) is 42.8 Å². The largest absolute Gasteiger partial charge is 0.352 e. The Labute approximate surface area is 202 Å². The third kappa shape index (κ3) is 6.58. The smallest absolute Gasteiger partial charge is 0.253 e. The van der Waals surface area contributed by atoms with Crippen LogP contribution in [0.25, 0.3) is 0 Å². The van der Waals surface area contributed by atoms with Gasteiger partial charge in [0.1, 0.15) is 0 Å². The zero-order valence-electron chi connectivity index (χ0n) is 19.4. The molecule has 0 aromatic heterocycles. The molecule has 5 nitrogen and oxygen atoms in total. The molecular formula is C27H34ClN3O2. The van der Waals surface area contributed by atoms with Crippen LogP contribution in [0.1, 0.15) is 54.1 Å². The van der Waals surface area contributed by atoms with Gasteiger partial charge in [0.25, 0.3) is 5.91 Å². The van der Waals surface area contributed by atoms with Gasteiger partial charge in [-0.05, 0) is 73.5 Å². The monoisotopic (exact) mass is 467 g/mol. The molecule has 2 aromatic rings. The van der Waals surface area contributed by atoms with Crippen molar-refractivity contribution in [3.05, 3.63) is 70.2 Å². The Balaban J connectivity index is 1.20. The first kappa shape index (κ1) is 23.8. The first-order valence-corrected chi connectivity index (χ1v) is 12.5. The van der Waals surface area contributed by atoms with E-state index in [0.717, 1.165) is 18.0 Å². The number of carbonyl (C=O) groups is 2. The van der Waals surface area contributed by atoms with Crippen LogP contribution in [-0.4, -0.2) is 47.8 Å². The van der Waals surface area contributed by atoms with Gasteiger partial charge in [0.2, 0.25) is 5.91 Å². The maximum atomic E-state index is 12.7. The summed E-state index contributed by atoms with van der Waals surface area (Å²) in [6.45, 7) is 7.45. The zero-order valence-corrected chi connectivity index (χ0v) is 20.2. The van der Waals surface area contributed by atoms with Crippen molar-refractivity contribution in [2.45, 2.75) is 45.7 Å². The molecule has 1 N–H and O–H groups in total. The number of piperidine rings is 2. The Kier molecular flexibility index (Phi) is 8.05.